The second-order valence-electron chi connectivity index (χ2n) is 4.86. The van der Waals surface area contributed by atoms with E-state index in [0.29, 0.717) is 24.5 Å². The minimum atomic E-state index is 0. The molecule has 0 saturated heterocycles. The SMILES string of the molecule is COCCNCC(=O)NCC1CC1(C)C.Cl. The molecule has 0 radical (unpaired) electrons. The molecule has 0 aromatic heterocycles. The molecule has 0 heterocycles. The van der Waals surface area contributed by atoms with Gasteiger partial charge >= 0.3 is 0 Å². The van der Waals surface area contributed by atoms with Crippen LogP contribution < -0.4 is 10.6 Å². The lowest BCUT2D eigenvalue weighted by molar-refractivity contribution is -0.120. The number of methoxy groups -OCH3 is 1. The van der Waals surface area contributed by atoms with Crippen LogP contribution in [0.3, 0.4) is 0 Å². The predicted octanol–water partition coefficient (Wildman–Crippen LogP) is 0.806. The van der Waals surface area contributed by atoms with E-state index in [1.165, 1.54) is 6.42 Å². The molecule has 0 aliphatic heterocycles. The van der Waals surface area contributed by atoms with Gasteiger partial charge in [0.15, 0.2) is 0 Å². The summed E-state index contributed by atoms with van der Waals surface area (Å²) in [5.74, 6) is 0.745. The van der Waals surface area contributed by atoms with Crippen LogP contribution in [0.4, 0.5) is 0 Å². The summed E-state index contributed by atoms with van der Waals surface area (Å²) in [5.41, 5.74) is 0.441. The number of rotatable bonds is 7. The highest BCUT2D eigenvalue weighted by molar-refractivity contribution is 5.85. The molecule has 0 aromatic carbocycles. The Hall–Kier alpha value is -0.320. The fraction of sp³-hybridized carbons (Fsp3) is 0.909. The van der Waals surface area contributed by atoms with E-state index in [4.69, 9.17) is 4.74 Å². The van der Waals surface area contributed by atoms with Gasteiger partial charge in [-0.15, -0.1) is 12.4 Å². The fourth-order valence-electron chi connectivity index (χ4n) is 1.60. The molecule has 96 valence electrons. The normalized spacial score (nSPS) is 21.1. The molecule has 1 atom stereocenters. The minimum absolute atomic E-state index is 0. The zero-order chi connectivity index (χ0) is 11.3. The predicted molar refractivity (Wildman–Crippen MR) is 66.9 cm³/mol. The van der Waals surface area contributed by atoms with E-state index in [2.05, 4.69) is 24.5 Å². The highest BCUT2D eigenvalue weighted by atomic mass is 35.5. The first kappa shape index (κ1) is 15.7. The summed E-state index contributed by atoms with van der Waals surface area (Å²) in [7, 11) is 1.65. The van der Waals surface area contributed by atoms with E-state index in [1.54, 1.807) is 7.11 Å². The van der Waals surface area contributed by atoms with Crippen molar-refractivity contribution < 1.29 is 9.53 Å². The van der Waals surface area contributed by atoms with Gasteiger partial charge in [0.05, 0.1) is 13.2 Å². The van der Waals surface area contributed by atoms with Crippen LogP contribution in [-0.4, -0.2) is 39.3 Å². The Balaban J connectivity index is 0.00000225. The van der Waals surface area contributed by atoms with E-state index in [0.717, 1.165) is 13.1 Å². The monoisotopic (exact) mass is 250 g/mol. The molecular weight excluding hydrogens is 228 g/mol. The summed E-state index contributed by atoms with van der Waals surface area (Å²) >= 11 is 0. The van der Waals surface area contributed by atoms with Crippen LogP contribution in [0.25, 0.3) is 0 Å². The van der Waals surface area contributed by atoms with E-state index in [9.17, 15) is 4.79 Å². The quantitative estimate of drug-likeness (QED) is 0.658. The van der Waals surface area contributed by atoms with E-state index >= 15 is 0 Å². The average molecular weight is 251 g/mol. The maximum atomic E-state index is 11.3. The summed E-state index contributed by atoms with van der Waals surface area (Å²) in [5, 5.41) is 5.95. The largest absolute Gasteiger partial charge is 0.383 e. The summed E-state index contributed by atoms with van der Waals surface area (Å²) in [6, 6.07) is 0. The molecule has 1 aliphatic carbocycles. The van der Waals surface area contributed by atoms with Crippen molar-refractivity contribution >= 4 is 18.3 Å². The molecule has 1 unspecified atom stereocenters. The number of amides is 1. The van der Waals surface area contributed by atoms with Crippen LogP contribution in [-0.2, 0) is 9.53 Å². The molecule has 1 amide bonds. The van der Waals surface area contributed by atoms with Gasteiger partial charge in [-0.2, -0.15) is 0 Å². The highest BCUT2D eigenvalue weighted by Crippen LogP contribution is 2.50. The molecule has 0 spiro atoms. The fourth-order valence-corrected chi connectivity index (χ4v) is 1.60. The number of halogens is 1. The summed E-state index contributed by atoms with van der Waals surface area (Å²) in [6.07, 6.45) is 1.23. The van der Waals surface area contributed by atoms with Gasteiger partial charge in [0.25, 0.3) is 0 Å². The van der Waals surface area contributed by atoms with E-state index in [-0.39, 0.29) is 18.3 Å². The Morgan fingerprint density at radius 2 is 2.12 bits per heavy atom. The summed E-state index contributed by atoms with van der Waals surface area (Å²) < 4.78 is 4.86. The van der Waals surface area contributed by atoms with Crippen LogP contribution >= 0.6 is 12.4 Å². The first-order chi connectivity index (χ1) is 7.06. The number of ether oxygens (including phenoxy) is 1. The van der Waals surface area contributed by atoms with Crippen molar-refractivity contribution in [1.82, 2.24) is 10.6 Å². The maximum Gasteiger partial charge on any atom is 0.233 e. The highest BCUT2D eigenvalue weighted by Gasteiger charge is 2.45. The first-order valence-corrected chi connectivity index (χ1v) is 5.52. The number of hydrogen-bond donors (Lipinski definition) is 2. The van der Waals surface area contributed by atoms with Gasteiger partial charge in [0, 0.05) is 20.2 Å². The standard InChI is InChI=1S/C11H22N2O2.ClH/c1-11(2)6-9(11)7-13-10(14)8-12-4-5-15-3;/h9,12H,4-8H2,1-3H3,(H,13,14);1H. The van der Waals surface area contributed by atoms with Crippen LogP contribution in [0.5, 0.6) is 0 Å². The number of carbonyl (C=O) groups excluding carboxylic acids is 1. The zero-order valence-corrected chi connectivity index (χ0v) is 11.2. The van der Waals surface area contributed by atoms with Gasteiger partial charge in [0.2, 0.25) is 5.91 Å². The summed E-state index contributed by atoms with van der Waals surface area (Å²) in [4.78, 5) is 11.3. The first-order valence-electron chi connectivity index (χ1n) is 5.52. The molecule has 1 fully saturated rings. The molecule has 1 saturated carbocycles. The van der Waals surface area contributed by atoms with Crippen molar-refractivity contribution in [2.75, 3.05) is 33.4 Å². The number of carbonyl (C=O) groups is 1. The van der Waals surface area contributed by atoms with Gasteiger partial charge in [-0.25, -0.2) is 0 Å². The zero-order valence-electron chi connectivity index (χ0n) is 10.3. The second-order valence-corrected chi connectivity index (χ2v) is 4.86. The van der Waals surface area contributed by atoms with Crippen molar-refractivity contribution in [3.63, 3.8) is 0 Å². The minimum Gasteiger partial charge on any atom is -0.383 e. The Kier molecular flexibility index (Phi) is 6.95. The molecular formula is C11H23ClN2O2. The molecule has 1 rings (SSSR count). The lowest BCUT2D eigenvalue weighted by Gasteiger charge is -2.07. The lowest BCUT2D eigenvalue weighted by Crippen LogP contribution is -2.36. The van der Waals surface area contributed by atoms with Crippen LogP contribution in [0, 0.1) is 11.3 Å². The van der Waals surface area contributed by atoms with E-state index in [1.807, 2.05) is 0 Å². The number of hydrogen-bond acceptors (Lipinski definition) is 3. The van der Waals surface area contributed by atoms with Gasteiger partial charge in [0.1, 0.15) is 0 Å². The maximum absolute atomic E-state index is 11.3. The van der Waals surface area contributed by atoms with Crippen molar-refractivity contribution in [3.05, 3.63) is 0 Å². The van der Waals surface area contributed by atoms with Gasteiger partial charge < -0.3 is 15.4 Å². The van der Waals surface area contributed by atoms with Gasteiger partial charge in [-0.1, -0.05) is 13.8 Å². The smallest absolute Gasteiger partial charge is 0.233 e. The van der Waals surface area contributed by atoms with Crippen LogP contribution in [0.2, 0.25) is 0 Å². The average Bonchev–Trinajstić information content (AvgIpc) is 2.78. The molecule has 2 N–H and O–H groups in total. The Morgan fingerprint density at radius 1 is 1.50 bits per heavy atom. The summed E-state index contributed by atoms with van der Waals surface area (Å²) in [6.45, 7) is 7.04. The van der Waals surface area contributed by atoms with Crippen molar-refractivity contribution in [1.29, 1.82) is 0 Å². The molecule has 16 heavy (non-hydrogen) atoms. The van der Waals surface area contributed by atoms with E-state index < -0.39 is 0 Å². The van der Waals surface area contributed by atoms with Gasteiger partial charge in [-0.3, -0.25) is 4.79 Å². The second kappa shape index (κ2) is 7.09. The Bertz CT molecular complexity index is 222. The van der Waals surface area contributed by atoms with Crippen molar-refractivity contribution in [3.8, 4) is 0 Å². The third-order valence-corrected chi connectivity index (χ3v) is 3.03. The third kappa shape index (κ3) is 5.68. The molecule has 0 bridgehead atoms. The topological polar surface area (TPSA) is 50.4 Å². The van der Waals surface area contributed by atoms with Gasteiger partial charge in [-0.05, 0) is 17.8 Å². The molecule has 4 nitrogen and oxygen atoms in total. The van der Waals surface area contributed by atoms with Crippen molar-refractivity contribution in [2.24, 2.45) is 11.3 Å². The molecule has 0 aromatic rings. The van der Waals surface area contributed by atoms with Crippen LogP contribution in [0.1, 0.15) is 20.3 Å². The molecule has 5 heteroatoms. The van der Waals surface area contributed by atoms with Crippen molar-refractivity contribution in [2.45, 2.75) is 20.3 Å². The molecule has 1 aliphatic rings. The van der Waals surface area contributed by atoms with Crippen LogP contribution in [0.15, 0.2) is 0 Å². The Labute approximate surface area is 104 Å². The lowest BCUT2D eigenvalue weighted by atomic mass is 10.1. The third-order valence-electron chi connectivity index (χ3n) is 3.03. The number of nitrogens with one attached hydrogen (secondary N) is 2. The Morgan fingerprint density at radius 3 is 2.62 bits per heavy atom.